The van der Waals surface area contributed by atoms with Crippen molar-refractivity contribution in [2.24, 2.45) is 0 Å². The van der Waals surface area contributed by atoms with E-state index < -0.39 is 0 Å². The summed E-state index contributed by atoms with van der Waals surface area (Å²) in [6.45, 7) is 1.13. The number of nitrogens with zero attached hydrogens (tertiary/aromatic N) is 6. The molecule has 1 aliphatic heterocycles. The molecule has 3 aromatic rings. The van der Waals surface area contributed by atoms with Crippen LogP contribution in [-0.4, -0.2) is 48.3 Å². The largest absolute Gasteiger partial charge is 0.341 e. The van der Waals surface area contributed by atoms with Gasteiger partial charge in [-0.25, -0.2) is 9.07 Å². The maximum absolute atomic E-state index is 13.2. The van der Waals surface area contributed by atoms with Crippen LogP contribution in [0.5, 0.6) is 0 Å². The van der Waals surface area contributed by atoms with Gasteiger partial charge < -0.3 is 4.90 Å². The molecule has 0 fully saturated rings. The zero-order chi connectivity index (χ0) is 18.8. The number of tetrazole rings is 1. The van der Waals surface area contributed by atoms with E-state index in [0.29, 0.717) is 12.4 Å². The fraction of sp³-hybridized carbons (Fsp3) is 0.389. The molecule has 3 heterocycles. The molecular formula is C18H20FN7O. The summed E-state index contributed by atoms with van der Waals surface area (Å²) in [7, 11) is 1.77. The number of fused-ring (bicyclic) bond motifs is 1. The van der Waals surface area contributed by atoms with Gasteiger partial charge in [0, 0.05) is 31.3 Å². The number of nitrogens with one attached hydrogen (secondary N) is 1. The van der Waals surface area contributed by atoms with Crippen molar-refractivity contribution in [3.63, 3.8) is 0 Å². The molecule has 0 spiro atoms. The van der Waals surface area contributed by atoms with Crippen LogP contribution < -0.4 is 0 Å². The van der Waals surface area contributed by atoms with Gasteiger partial charge in [-0.05, 0) is 47.5 Å². The third-order valence-electron chi connectivity index (χ3n) is 4.92. The first-order chi connectivity index (χ1) is 13.1. The van der Waals surface area contributed by atoms with E-state index in [1.807, 2.05) is 0 Å². The highest BCUT2D eigenvalue weighted by Gasteiger charge is 2.31. The Morgan fingerprint density at radius 1 is 1.33 bits per heavy atom. The van der Waals surface area contributed by atoms with Gasteiger partial charge in [-0.2, -0.15) is 5.10 Å². The molecule has 1 amide bonds. The third-order valence-corrected chi connectivity index (χ3v) is 4.92. The van der Waals surface area contributed by atoms with Crippen molar-refractivity contribution in [3.05, 3.63) is 47.7 Å². The number of likely N-dealkylation sites (N-methyl/N-ethyl adjacent to an activating group) is 1. The molecule has 1 N–H and O–H groups in total. The lowest BCUT2D eigenvalue weighted by molar-refractivity contribution is -0.132. The summed E-state index contributed by atoms with van der Waals surface area (Å²) < 4.78 is 14.9. The maximum Gasteiger partial charge on any atom is 0.233 e. The van der Waals surface area contributed by atoms with Gasteiger partial charge in [-0.1, -0.05) is 6.42 Å². The van der Waals surface area contributed by atoms with Crippen LogP contribution in [-0.2, 0) is 17.9 Å². The quantitative estimate of drug-likeness (QED) is 0.760. The van der Waals surface area contributed by atoms with Crippen LogP contribution in [0.25, 0.3) is 11.3 Å². The SMILES string of the molecule is CN(Cc1cn[nH]c1-c1ccc(F)cc1)C(=O)C1CCCCn2nnnc21. The number of aromatic amines is 1. The normalized spacial score (nSPS) is 16.6. The first kappa shape index (κ1) is 17.3. The highest BCUT2D eigenvalue weighted by molar-refractivity contribution is 5.82. The van der Waals surface area contributed by atoms with E-state index in [-0.39, 0.29) is 17.6 Å². The van der Waals surface area contributed by atoms with E-state index in [4.69, 9.17) is 0 Å². The fourth-order valence-corrected chi connectivity index (χ4v) is 3.49. The number of H-pyrrole nitrogens is 1. The van der Waals surface area contributed by atoms with Gasteiger partial charge in [0.1, 0.15) is 5.82 Å². The van der Waals surface area contributed by atoms with E-state index >= 15 is 0 Å². The number of carbonyl (C=O) groups is 1. The fourth-order valence-electron chi connectivity index (χ4n) is 3.49. The number of aryl methyl sites for hydroxylation is 1. The predicted molar refractivity (Wildman–Crippen MR) is 94.9 cm³/mol. The van der Waals surface area contributed by atoms with Crippen LogP contribution in [0.15, 0.2) is 30.5 Å². The van der Waals surface area contributed by atoms with Crippen molar-refractivity contribution in [2.45, 2.75) is 38.3 Å². The average Bonchev–Trinajstić information content (AvgIpc) is 3.27. The van der Waals surface area contributed by atoms with Gasteiger partial charge in [-0.15, -0.1) is 5.10 Å². The predicted octanol–water partition coefficient (Wildman–Crippen LogP) is 2.13. The molecule has 1 aromatic carbocycles. The van der Waals surface area contributed by atoms with E-state index in [0.717, 1.165) is 42.6 Å². The molecule has 0 saturated heterocycles. The Labute approximate surface area is 155 Å². The molecule has 1 aliphatic rings. The summed E-state index contributed by atoms with van der Waals surface area (Å²) in [5.74, 6) is -0.0126. The average molecular weight is 369 g/mol. The molecule has 0 aliphatic carbocycles. The van der Waals surface area contributed by atoms with E-state index in [1.165, 1.54) is 12.1 Å². The number of carbonyl (C=O) groups excluding carboxylic acids is 1. The lowest BCUT2D eigenvalue weighted by Crippen LogP contribution is -2.32. The summed E-state index contributed by atoms with van der Waals surface area (Å²) in [5, 5.41) is 18.8. The number of hydrogen-bond acceptors (Lipinski definition) is 5. The number of benzene rings is 1. The number of hydrogen-bond donors (Lipinski definition) is 1. The lowest BCUT2D eigenvalue weighted by atomic mass is 10.0. The molecule has 27 heavy (non-hydrogen) atoms. The molecule has 1 atom stereocenters. The second-order valence-electron chi connectivity index (χ2n) is 6.78. The Balaban J connectivity index is 1.53. The molecule has 8 nitrogen and oxygen atoms in total. The van der Waals surface area contributed by atoms with Gasteiger partial charge in [0.15, 0.2) is 5.82 Å². The van der Waals surface area contributed by atoms with Gasteiger partial charge in [0.2, 0.25) is 5.91 Å². The lowest BCUT2D eigenvalue weighted by Gasteiger charge is -2.22. The summed E-state index contributed by atoms with van der Waals surface area (Å²) in [6.07, 6.45) is 4.34. The van der Waals surface area contributed by atoms with E-state index in [1.54, 1.807) is 35.0 Å². The molecule has 9 heteroatoms. The minimum atomic E-state index is -0.339. The Bertz CT molecular complexity index is 933. The molecule has 0 radical (unpaired) electrons. The summed E-state index contributed by atoms with van der Waals surface area (Å²) in [5.41, 5.74) is 2.47. The van der Waals surface area contributed by atoms with Crippen LogP contribution in [0.3, 0.4) is 0 Å². The van der Waals surface area contributed by atoms with Gasteiger partial charge in [-0.3, -0.25) is 9.89 Å². The molecule has 4 rings (SSSR count). The Morgan fingerprint density at radius 2 is 2.15 bits per heavy atom. The number of rotatable bonds is 4. The molecule has 1 unspecified atom stereocenters. The number of amides is 1. The molecule has 0 saturated carbocycles. The Kier molecular flexibility index (Phi) is 4.66. The number of aromatic nitrogens is 6. The van der Waals surface area contributed by atoms with E-state index in [9.17, 15) is 9.18 Å². The number of halogens is 1. The Hall–Kier alpha value is -3.10. The van der Waals surface area contributed by atoms with Gasteiger partial charge in [0.05, 0.1) is 17.8 Å². The van der Waals surface area contributed by atoms with Crippen LogP contribution >= 0.6 is 0 Å². The summed E-state index contributed by atoms with van der Waals surface area (Å²) in [4.78, 5) is 14.7. The van der Waals surface area contributed by atoms with Crippen LogP contribution in [0.1, 0.15) is 36.6 Å². The summed E-state index contributed by atoms with van der Waals surface area (Å²) in [6, 6.07) is 6.18. The van der Waals surface area contributed by atoms with Crippen molar-refractivity contribution in [3.8, 4) is 11.3 Å². The second kappa shape index (κ2) is 7.26. The minimum Gasteiger partial charge on any atom is -0.341 e. The molecule has 0 bridgehead atoms. The van der Waals surface area contributed by atoms with Crippen molar-refractivity contribution in [1.82, 2.24) is 35.3 Å². The topological polar surface area (TPSA) is 92.6 Å². The first-order valence-corrected chi connectivity index (χ1v) is 8.92. The smallest absolute Gasteiger partial charge is 0.233 e. The van der Waals surface area contributed by atoms with Crippen LogP contribution in [0.4, 0.5) is 4.39 Å². The van der Waals surface area contributed by atoms with Crippen molar-refractivity contribution in [2.75, 3.05) is 7.05 Å². The van der Waals surface area contributed by atoms with E-state index in [2.05, 4.69) is 25.7 Å². The van der Waals surface area contributed by atoms with Crippen LogP contribution in [0.2, 0.25) is 0 Å². The zero-order valence-corrected chi connectivity index (χ0v) is 15.0. The zero-order valence-electron chi connectivity index (χ0n) is 15.0. The highest BCUT2D eigenvalue weighted by atomic mass is 19.1. The van der Waals surface area contributed by atoms with Crippen molar-refractivity contribution >= 4 is 5.91 Å². The maximum atomic E-state index is 13.2. The van der Waals surface area contributed by atoms with Crippen molar-refractivity contribution < 1.29 is 9.18 Å². The summed E-state index contributed by atoms with van der Waals surface area (Å²) >= 11 is 0. The van der Waals surface area contributed by atoms with Crippen LogP contribution in [0, 0.1) is 5.82 Å². The third kappa shape index (κ3) is 3.44. The molecule has 140 valence electrons. The minimum absolute atomic E-state index is 0.0146. The monoisotopic (exact) mass is 369 g/mol. The molecular weight excluding hydrogens is 349 g/mol. The van der Waals surface area contributed by atoms with Gasteiger partial charge >= 0.3 is 0 Å². The standard InChI is InChI=1S/C18H20FN7O/c1-25(18(27)15-4-2-3-9-26-17(15)22-23-24-26)11-13-10-20-21-16(13)12-5-7-14(19)8-6-12/h5-8,10,15H,2-4,9,11H2,1H3,(H,20,21). The van der Waals surface area contributed by atoms with Crippen molar-refractivity contribution in [1.29, 1.82) is 0 Å². The highest BCUT2D eigenvalue weighted by Crippen LogP contribution is 2.27. The Morgan fingerprint density at radius 3 is 2.96 bits per heavy atom. The second-order valence-corrected chi connectivity index (χ2v) is 6.78. The first-order valence-electron chi connectivity index (χ1n) is 8.92. The van der Waals surface area contributed by atoms with Gasteiger partial charge in [0.25, 0.3) is 0 Å². The molecule has 2 aromatic heterocycles.